The standard InChI is InChI=1S/C12H15ClN2O2/c1-9-7-10(13)12(11(8-9)15(16)17)14-5-3-2-4-6-14/h7-8H,2-6H2,1H3. The van der Waals surface area contributed by atoms with Crippen LogP contribution in [-0.2, 0) is 0 Å². The quantitative estimate of drug-likeness (QED) is 0.599. The van der Waals surface area contributed by atoms with Gasteiger partial charge in [0.15, 0.2) is 0 Å². The first-order valence-corrected chi connectivity index (χ1v) is 6.17. The molecule has 1 aromatic rings. The van der Waals surface area contributed by atoms with E-state index in [0.29, 0.717) is 10.7 Å². The third kappa shape index (κ3) is 2.52. The number of nitro groups is 1. The highest BCUT2D eigenvalue weighted by atomic mass is 35.5. The fourth-order valence-electron chi connectivity index (χ4n) is 2.29. The van der Waals surface area contributed by atoms with Crippen molar-refractivity contribution in [2.45, 2.75) is 26.2 Å². The molecule has 0 N–H and O–H groups in total. The number of aryl methyl sites for hydroxylation is 1. The summed E-state index contributed by atoms with van der Waals surface area (Å²) in [7, 11) is 0. The largest absolute Gasteiger partial charge is 0.365 e. The van der Waals surface area contributed by atoms with Crippen molar-refractivity contribution in [1.29, 1.82) is 0 Å². The topological polar surface area (TPSA) is 46.4 Å². The number of halogens is 1. The molecule has 0 amide bonds. The highest BCUT2D eigenvalue weighted by Crippen LogP contribution is 2.37. The van der Waals surface area contributed by atoms with E-state index >= 15 is 0 Å². The summed E-state index contributed by atoms with van der Waals surface area (Å²) in [5, 5.41) is 11.6. The van der Waals surface area contributed by atoms with Crippen molar-refractivity contribution in [3.8, 4) is 0 Å². The number of rotatable bonds is 2. The summed E-state index contributed by atoms with van der Waals surface area (Å²) in [4.78, 5) is 12.8. The zero-order chi connectivity index (χ0) is 12.4. The third-order valence-electron chi connectivity index (χ3n) is 3.06. The molecule has 1 fully saturated rings. The first-order valence-electron chi connectivity index (χ1n) is 5.79. The van der Waals surface area contributed by atoms with Gasteiger partial charge in [0.2, 0.25) is 0 Å². The Bertz CT molecular complexity index is 442. The predicted molar refractivity (Wildman–Crippen MR) is 68.9 cm³/mol. The lowest BCUT2D eigenvalue weighted by Gasteiger charge is -2.29. The van der Waals surface area contributed by atoms with E-state index in [4.69, 9.17) is 11.6 Å². The molecule has 0 aliphatic carbocycles. The molecule has 0 spiro atoms. The van der Waals surface area contributed by atoms with Gasteiger partial charge in [-0.15, -0.1) is 0 Å². The maximum atomic E-state index is 11.1. The SMILES string of the molecule is Cc1cc(Cl)c(N2CCCCC2)c([N+](=O)[O-])c1. The Hall–Kier alpha value is -1.29. The number of piperidine rings is 1. The van der Waals surface area contributed by atoms with Crippen LogP contribution in [0.5, 0.6) is 0 Å². The molecule has 0 aromatic heterocycles. The molecular formula is C12H15ClN2O2. The van der Waals surface area contributed by atoms with Crippen molar-refractivity contribution in [3.05, 3.63) is 32.8 Å². The lowest BCUT2D eigenvalue weighted by molar-refractivity contribution is -0.384. The smallest absolute Gasteiger partial charge is 0.294 e. The Labute approximate surface area is 105 Å². The van der Waals surface area contributed by atoms with E-state index in [1.54, 1.807) is 12.1 Å². The van der Waals surface area contributed by atoms with E-state index in [-0.39, 0.29) is 10.6 Å². The van der Waals surface area contributed by atoms with E-state index in [1.165, 1.54) is 6.42 Å². The summed E-state index contributed by atoms with van der Waals surface area (Å²) < 4.78 is 0. The predicted octanol–water partition coefficient (Wildman–Crippen LogP) is 3.55. The van der Waals surface area contributed by atoms with Gasteiger partial charge in [-0.2, -0.15) is 0 Å². The van der Waals surface area contributed by atoms with Gasteiger partial charge in [-0.05, 0) is 37.8 Å². The van der Waals surface area contributed by atoms with Crippen LogP contribution < -0.4 is 4.90 Å². The highest BCUT2D eigenvalue weighted by molar-refractivity contribution is 6.33. The molecule has 4 nitrogen and oxygen atoms in total. The van der Waals surface area contributed by atoms with Gasteiger partial charge in [0, 0.05) is 19.2 Å². The Kier molecular flexibility index (Phi) is 3.52. The molecule has 92 valence electrons. The van der Waals surface area contributed by atoms with E-state index < -0.39 is 0 Å². The number of hydrogen-bond acceptors (Lipinski definition) is 3. The lowest BCUT2D eigenvalue weighted by Crippen LogP contribution is -2.30. The molecule has 0 saturated carbocycles. The van der Waals surface area contributed by atoms with Gasteiger partial charge in [-0.1, -0.05) is 11.6 Å². The van der Waals surface area contributed by atoms with Gasteiger partial charge in [-0.25, -0.2) is 0 Å². The molecule has 0 unspecified atom stereocenters. The van der Waals surface area contributed by atoms with Crippen molar-refractivity contribution in [2.75, 3.05) is 18.0 Å². The second-order valence-corrected chi connectivity index (χ2v) is 4.83. The van der Waals surface area contributed by atoms with Crippen LogP contribution in [0.1, 0.15) is 24.8 Å². The summed E-state index contributed by atoms with van der Waals surface area (Å²) in [6, 6.07) is 3.38. The normalized spacial score (nSPS) is 16.0. The van der Waals surface area contributed by atoms with E-state index in [2.05, 4.69) is 0 Å². The molecule has 17 heavy (non-hydrogen) atoms. The molecule has 0 bridgehead atoms. The van der Waals surface area contributed by atoms with Crippen molar-refractivity contribution < 1.29 is 4.92 Å². The van der Waals surface area contributed by atoms with Crippen molar-refractivity contribution in [2.24, 2.45) is 0 Å². The van der Waals surface area contributed by atoms with Gasteiger partial charge in [0.25, 0.3) is 5.69 Å². The molecule has 0 radical (unpaired) electrons. The average Bonchev–Trinajstić information content (AvgIpc) is 2.29. The molecule has 1 aliphatic heterocycles. The summed E-state index contributed by atoms with van der Waals surface area (Å²) in [6.07, 6.45) is 3.33. The monoisotopic (exact) mass is 254 g/mol. The van der Waals surface area contributed by atoms with Crippen LogP contribution in [0.2, 0.25) is 5.02 Å². The number of nitro benzene ring substituents is 1. The third-order valence-corrected chi connectivity index (χ3v) is 3.34. The summed E-state index contributed by atoms with van der Waals surface area (Å²) in [5.74, 6) is 0. The van der Waals surface area contributed by atoms with Crippen molar-refractivity contribution in [3.63, 3.8) is 0 Å². The number of benzene rings is 1. The zero-order valence-corrected chi connectivity index (χ0v) is 10.5. The fourth-order valence-corrected chi connectivity index (χ4v) is 2.67. The van der Waals surface area contributed by atoms with E-state index in [0.717, 1.165) is 31.5 Å². The van der Waals surface area contributed by atoms with E-state index in [9.17, 15) is 10.1 Å². The van der Waals surface area contributed by atoms with Crippen LogP contribution in [0.3, 0.4) is 0 Å². The Morgan fingerprint density at radius 3 is 2.53 bits per heavy atom. The maximum absolute atomic E-state index is 11.1. The minimum atomic E-state index is -0.344. The number of nitrogens with zero attached hydrogens (tertiary/aromatic N) is 2. The second kappa shape index (κ2) is 4.92. The molecule has 1 aliphatic rings. The molecule has 1 heterocycles. The first kappa shape index (κ1) is 12.2. The maximum Gasteiger partial charge on any atom is 0.294 e. The minimum absolute atomic E-state index is 0.122. The highest BCUT2D eigenvalue weighted by Gasteiger charge is 2.24. The molecule has 2 rings (SSSR count). The van der Waals surface area contributed by atoms with E-state index in [1.807, 2.05) is 11.8 Å². The fraction of sp³-hybridized carbons (Fsp3) is 0.500. The minimum Gasteiger partial charge on any atom is -0.365 e. The average molecular weight is 255 g/mol. The van der Waals surface area contributed by atoms with Crippen molar-refractivity contribution in [1.82, 2.24) is 0 Å². The van der Waals surface area contributed by atoms with Gasteiger partial charge >= 0.3 is 0 Å². The van der Waals surface area contributed by atoms with Crippen LogP contribution >= 0.6 is 11.6 Å². The molecular weight excluding hydrogens is 240 g/mol. The Balaban J connectivity index is 2.46. The summed E-state index contributed by atoms with van der Waals surface area (Å²) in [5.41, 5.74) is 1.53. The van der Waals surface area contributed by atoms with Gasteiger partial charge in [-0.3, -0.25) is 10.1 Å². The Morgan fingerprint density at radius 1 is 1.29 bits per heavy atom. The summed E-state index contributed by atoms with van der Waals surface area (Å²) in [6.45, 7) is 3.52. The van der Waals surface area contributed by atoms with Gasteiger partial charge in [0.1, 0.15) is 5.69 Å². The van der Waals surface area contributed by atoms with Crippen LogP contribution in [-0.4, -0.2) is 18.0 Å². The molecule has 0 atom stereocenters. The number of hydrogen-bond donors (Lipinski definition) is 0. The van der Waals surface area contributed by atoms with Gasteiger partial charge < -0.3 is 4.90 Å². The molecule has 5 heteroatoms. The molecule has 1 aromatic carbocycles. The van der Waals surface area contributed by atoms with Crippen molar-refractivity contribution >= 4 is 23.0 Å². The van der Waals surface area contributed by atoms with Crippen LogP contribution in [0.25, 0.3) is 0 Å². The second-order valence-electron chi connectivity index (χ2n) is 4.42. The first-order chi connectivity index (χ1) is 8.09. The Morgan fingerprint density at radius 2 is 1.94 bits per heavy atom. The van der Waals surface area contributed by atoms with Crippen LogP contribution in [0.4, 0.5) is 11.4 Å². The van der Waals surface area contributed by atoms with Crippen LogP contribution in [0.15, 0.2) is 12.1 Å². The number of anilines is 1. The zero-order valence-electron chi connectivity index (χ0n) is 9.78. The molecule has 1 saturated heterocycles. The van der Waals surface area contributed by atoms with Gasteiger partial charge in [0.05, 0.1) is 9.95 Å². The van der Waals surface area contributed by atoms with Crippen LogP contribution in [0, 0.1) is 17.0 Å². The lowest BCUT2D eigenvalue weighted by atomic mass is 10.1. The summed E-state index contributed by atoms with van der Waals surface area (Å²) >= 11 is 6.17.